The van der Waals surface area contributed by atoms with E-state index in [2.05, 4.69) is 11.4 Å². The Bertz CT molecular complexity index is 455. The average Bonchev–Trinajstić information content (AvgIpc) is 2.85. The first-order valence-corrected chi connectivity index (χ1v) is 7.21. The van der Waals surface area contributed by atoms with Crippen molar-refractivity contribution in [3.05, 3.63) is 34.9 Å². The quantitative estimate of drug-likeness (QED) is 0.846. The molecular formula is C14H17Cl2NO. The van der Waals surface area contributed by atoms with Gasteiger partial charge in [-0.15, -0.1) is 23.2 Å². The van der Waals surface area contributed by atoms with Crippen molar-refractivity contribution in [2.75, 3.05) is 11.8 Å². The molecule has 1 amide bonds. The van der Waals surface area contributed by atoms with Gasteiger partial charge in [0.15, 0.2) is 0 Å². The number of fused-ring (bicyclic) bond motifs is 1. The van der Waals surface area contributed by atoms with E-state index in [0.717, 1.165) is 12.8 Å². The van der Waals surface area contributed by atoms with Crippen LogP contribution in [-0.4, -0.2) is 23.2 Å². The fourth-order valence-corrected chi connectivity index (χ4v) is 2.58. The van der Waals surface area contributed by atoms with E-state index < -0.39 is 5.54 Å². The van der Waals surface area contributed by atoms with Crippen LogP contribution in [0, 0.1) is 0 Å². The van der Waals surface area contributed by atoms with Crippen molar-refractivity contribution in [2.45, 2.75) is 31.7 Å². The van der Waals surface area contributed by atoms with Gasteiger partial charge < -0.3 is 5.32 Å². The number of alkyl halides is 2. The molecule has 1 aliphatic rings. The summed E-state index contributed by atoms with van der Waals surface area (Å²) >= 11 is 11.7. The Morgan fingerprint density at radius 2 is 1.94 bits per heavy atom. The monoisotopic (exact) mass is 285 g/mol. The van der Waals surface area contributed by atoms with Gasteiger partial charge in [0.05, 0.1) is 5.54 Å². The molecule has 0 saturated carbocycles. The van der Waals surface area contributed by atoms with E-state index >= 15 is 0 Å². The number of amides is 1. The lowest BCUT2D eigenvalue weighted by Gasteiger charge is -2.26. The maximum atomic E-state index is 12.1. The molecule has 2 nitrogen and oxygen atoms in total. The third-order valence-electron chi connectivity index (χ3n) is 3.37. The highest BCUT2D eigenvalue weighted by molar-refractivity contribution is 6.22. The largest absolute Gasteiger partial charge is 0.344 e. The van der Waals surface area contributed by atoms with Gasteiger partial charge in [0.1, 0.15) is 0 Å². The van der Waals surface area contributed by atoms with Crippen molar-refractivity contribution in [2.24, 2.45) is 0 Å². The summed E-state index contributed by atoms with van der Waals surface area (Å²) in [7, 11) is 0. The fourth-order valence-electron chi connectivity index (χ4n) is 2.16. The van der Waals surface area contributed by atoms with E-state index in [1.165, 1.54) is 17.5 Å². The van der Waals surface area contributed by atoms with Crippen LogP contribution in [0.15, 0.2) is 18.2 Å². The first-order valence-electron chi connectivity index (χ1n) is 6.14. The summed E-state index contributed by atoms with van der Waals surface area (Å²) in [6.07, 6.45) is 3.37. The van der Waals surface area contributed by atoms with Gasteiger partial charge in [-0.25, -0.2) is 0 Å². The van der Waals surface area contributed by atoms with E-state index in [-0.39, 0.29) is 5.91 Å². The molecular weight excluding hydrogens is 269 g/mol. The van der Waals surface area contributed by atoms with Gasteiger partial charge in [-0.2, -0.15) is 0 Å². The lowest BCUT2D eigenvalue weighted by molar-refractivity contribution is 0.0921. The number of nitrogens with one attached hydrogen (secondary N) is 1. The van der Waals surface area contributed by atoms with Crippen molar-refractivity contribution >= 4 is 29.1 Å². The second-order valence-corrected chi connectivity index (χ2v) is 5.65. The Morgan fingerprint density at radius 1 is 1.28 bits per heavy atom. The van der Waals surface area contributed by atoms with Gasteiger partial charge in [0, 0.05) is 17.3 Å². The van der Waals surface area contributed by atoms with Crippen molar-refractivity contribution in [1.82, 2.24) is 5.32 Å². The molecule has 0 atom stereocenters. The Balaban J connectivity index is 2.14. The average molecular weight is 286 g/mol. The van der Waals surface area contributed by atoms with Gasteiger partial charge in [-0.1, -0.05) is 6.07 Å². The number of halogens is 2. The van der Waals surface area contributed by atoms with Crippen molar-refractivity contribution in [3.8, 4) is 0 Å². The number of rotatable bonds is 4. The number of benzene rings is 1. The zero-order valence-electron chi connectivity index (χ0n) is 10.4. The Kier molecular flexibility index (Phi) is 4.18. The van der Waals surface area contributed by atoms with Crippen LogP contribution >= 0.6 is 23.2 Å². The predicted molar refractivity (Wildman–Crippen MR) is 75.8 cm³/mol. The number of carbonyl (C=O) groups is 1. The van der Waals surface area contributed by atoms with Gasteiger partial charge >= 0.3 is 0 Å². The number of carbonyl (C=O) groups excluding carboxylic acids is 1. The molecule has 0 spiro atoms. The van der Waals surface area contributed by atoms with Crippen LogP contribution in [0.3, 0.4) is 0 Å². The third kappa shape index (κ3) is 2.81. The highest BCUT2D eigenvalue weighted by Gasteiger charge is 2.25. The minimum Gasteiger partial charge on any atom is -0.344 e. The highest BCUT2D eigenvalue weighted by atomic mass is 35.5. The summed E-state index contributed by atoms with van der Waals surface area (Å²) in [5, 5.41) is 2.90. The smallest absolute Gasteiger partial charge is 0.251 e. The van der Waals surface area contributed by atoms with Crippen LogP contribution in [0.25, 0.3) is 0 Å². The summed E-state index contributed by atoms with van der Waals surface area (Å²) in [4.78, 5) is 12.1. The molecule has 0 bridgehead atoms. The van der Waals surface area contributed by atoms with Crippen LogP contribution in [0.4, 0.5) is 0 Å². The first kappa shape index (κ1) is 13.7. The van der Waals surface area contributed by atoms with Gasteiger partial charge in [-0.05, 0) is 49.4 Å². The van der Waals surface area contributed by atoms with Gasteiger partial charge in [0.25, 0.3) is 5.91 Å². The van der Waals surface area contributed by atoms with Gasteiger partial charge in [0.2, 0.25) is 0 Å². The second kappa shape index (κ2) is 5.50. The van der Waals surface area contributed by atoms with Crippen molar-refractivity contribution in [3.63, 3.8) is 0 Å². The molecule has 0 fully saturated rings. The SMILES string of the molecule is CC(CCl)(CCl)NC(=O)c1ccc2c(c1)CCC2. The lowest BCUT2D eigenvalue weighted by Crippen LogP contribution is -2.49. The summed E-state index contributed by atoms with van der Waals surface area (Å²) < 4.78 is 0. The molecule has 4 heteroatoms. The van der Waals surface area contributed by atoms with Crippen LogP contribution in [-0.2, 0) is 12.8 Å². The Morgan fingerprint density at radius 3 is 2.61 bits per heavy atom. The van der Waals surface area contributed by atoms with Gasteiger partial charge in [-0.3, -0.25) is 4.79 Å². The number of hydrogen-bond donors (Lipinski definition) is 1. The highest BCUT2D eigenvalue weighted by Crippen LogP contribution is 2.23. The molecule has 0 radical (unpaired) electrons. The van der Waals surface area contributed by atoms with Crippen molar-refractivity contribution < 1.29 is 4.79 Å². The topological polar surface area (TPSA) is 29.1 Å². The Hall–Kier alpha value is -0.730. The van der Waals surface area contributed by atoms with E-state index in [9.17, 15) is 4.79 Å². The fraction of sp³-hybridized carbons (Fsp3) is 0.500. The van der Waals surface area contributed by atoms with Crippen LogP contribution in [0.2, 0.25) is 0 Å². The van der Waals surface area contributed by atoms with E-state index in [1.54, 1.807) is 0 Å². The molecule has 0 aromatic heterocycles. The van der Waals surface area contributed by atoms with Crippen LogP contribution in [0.5, 0.6) is 0 Å². The molecule has 1 aromatic carbocycles. The minimum absolute atomic E-state index is 0.103. The number of hydrogen-bond acceptors (Lipinski definition) is 1. The van der Waals surface area contributed by atoms with Crippen molar-refractivity contribution in [1.29, 1.82) is 0 Å². The Labute approximate surface area is 118 Å². The summed E-state index contributed by atoms with van der Waals surface area (Å²) in [6.45, 7) is 1.85. The molecule has 18 heavy (non-hydrogen) atoms. The molecule has 0 aliphatic heterocycles. The van der Waals surface area contributed by atoms with E-state index in [1.807, 2.05) is 19.1 Å². The van der Waals surface area contributed by atoms with E-state index in [4.69, 9.17) is 23.2 Å². The predicted octanol–water partition coefficient (Wildman–Crippen LogP) is 3.14. The standard InChI is InChI=1S/C14H17Cl2NO/c1-14(8-15,9-16)17-13(18)12-6-5-10-3-2-4-11(10)7-12/h5-7H,2-4,8-9H2,1H3,(H,17,18). The molecule has 0 unspecified atom stereocenters. The van der Waals surface area contributed by atoms with Crippen LogP contribution in [0.1, 0.15) is 34.8 Å². The maximum absolute atomic E-state index is 12.1. The molecule has 1 aliphatic carbocycles. The summed E-state index contributed by atoms with van der Waals surface area (Å²) in [6, 6.07) is 5.92. The molecule has 0 saturated heterocycles. The summed E-state index contributed by atoms with van der Waals surface area (Å²) in [5.74, 6) is 0.494. The zero-order chi connectivity index (χ0) is 13.2. The summed E-state index contributed by atoms with van der Waals surface area (Å²) in [5.41, 5.74) is 2.79. The molecule has 98 valence electrons. The second-order valence-electron chi connectivity index (χ2n) is 5.12. The third-order valence-corrected chi connectivity index (χ3v) is 4.55. The molecule has 2 rings (SSSR count). The molecule has 0 heterocycles. The zero-order valence-corrected chi connectivity index (χ0v) is 11.9. The van der Waals surface area contributed by atoms with Crippen LogP contribution < -0.4 is 5.32 Å². The van der Waals surface area contributed by atoms with E-state index in [0.29, 0.717) is 17.3 Å². The normalized spacial score (nSPS) is 14.4. The lowest BCUT2D eigenvalue weighted by atomic mass is 10.0. The maximum Gasteiger partial charge on any atom is 0.251 e. The molecule has 1 aromatic rings. The minimum atomic E-state index is -0.556. The molecule has 1 N–H and O–H groups in total. The first-order chi connectivity index (χ1) is 8.58. The number of aryl methyl sites for hydroxylation is 2.